The van der Waals surface area contributed by atoms with Crippen LogP contribution in [0.15, 0.2) is 30.3 Å². The van der Waals surface area contributed by atoms with Crippen LogP contribution in [0.4, 0.5) is 4.79 Å². The van der Waals surface area contributed by atoms with E-state index < -0.39 is 18.1 Å². The highest BCUT2D eigenvalue weighted by Crippen LogP contribution is 2.23. The minimum absolute atomic E-state index is 0.117. The molecule has 2 rings (SSSR count). The van der Waals surface area contributed by atoms with Crippen LogP contribution in [0, 0.1) is 6.92 Å². The second kappa shape index (κ2) is 7.51. The van der Waals surface area contributed by atoms with Crippen LogP contribution in [0.1, 0.15) is 28.6 Å². The number of aryl methyl sites for hydroxylation is 1. The smallest absolute Gasteiger partial charge is 0.407 e. The minimum atomic E-state index is -1.03. The van der Waals surface area contributed by atoms with E-state index in [1.165, 1.54) is 0 Å². The number of nitrogens with one attached hydrogen (secondary N) is 1. The van der Waals surface area contributed by atoms with Crippen LogP contribution in [0.25, 0.3) is 0 Å². The van der Waals surface area contributed by atoms with Crippen molar-refractivity contribution in [1.29, 1.82) is 0 Å². The number of aromatic nitrogens is 2. The number of carboxylic acids is 1. The first kappa shape index (κ1) is 15.9. The summed E-state index contributed by atoms with van der Waals surface area (Å²) in [5, 5.41) is 15.3. The maximum absolute atomic E-state index is 11.9. The summed E-state index contributed by atoms with van der Waals surface area (Å²) >= 11 is 1.06. The molecule has 116 valence electrons. The summed E-state index contributed by atoms with van der Waals surface area (Å²) in [6.07, 6.45) is -0.937. The molecule has 0 bridgehead atoms. The summed E-state index contributed by atoms with van der Waals surface area (Å²) in [6, 6.07) is 8.51. The van der Waals surface area contributed by atoms with Gasteiger partial charge >= 0.3 is 12.1 Å². The van der Waals surface area contributed by atoms with E-state index in [9.17, 15) is 9.59 Å². The Hall–Kier alpha value is -2.48. The van der Waals surface area contributed by atoms with Crippen LogP contribution in [0.5, 0.6) is 0 Å². The summed E-state index contributed by atoms with van der Waals surface area (Å²) in [4.78, 5) is 23.4. The van der Waals surface area contributed by atoms with E-state index >= 15 is 0 Å². The molecule has 0 aliphatic rings. The van der Waals surface area contributed by atoms with E-state index in [2.05, 4.69) is 14.9 Å². The number of aliphatic carboxylic acids is 1. The highest BCUT2D eigenvalue weighted by molar-refractivity contribution is 7.05. The zero-order valence-corrected chi connectivity index (χ0v) is 12.7. The lowest BCUT2D eigenvalue weighted by atomic mass is 10.1. The van der Waals surface area contributed by atoms with Gasteiger partial charge in [0.15, 0.2) is 0 Å². The Morgan fingerprint density at radius 3 is 2.68 bits per heavy atom. The summed E-state index contributed by atoms with van der Waals surface area (Å²) in [5.74, 6) is -1.03. The number of carbonyl (C=O) groups is 2. The van der Waals surface area contributed by atoms with Gasteiger partial charge in [0.1, 0.15) is 6.61 Å². The van der Waals surface area contributed by atoms with Crippen LogP contribution in [0.3, 0.4) is 0 Å². The quantitative estimate of drug-likeness (QED) is 0.846. The van der Waals surface area contributed by atoms with Gasteiger partial charge in [-0.3, -0.25) is 4.79 Å². The molecular weight excluding hydrogens is 306 g/mol. The molecule has 1 heterocycles. The number of hydrogen-bond acceptors (Lipinski definition) is 6. The fraction of sp³-hybridized carbons (Fsp3) is 0.286. The number of carboxylic acid groups (broad SMARTS) is 1. The molecule has 1 amide bonds. The Morgan fingerprint density at radius 2 is 2.09 bits per heavy atom. The highest BCUT2D eigenvalue weighted by Gasteiger charge is 2.23. The van der Waals surface area contributed by atoms with Crippen molar-refractivity contribution in [2.75, 3.05) is 0 Å². The van der Waals surface area contributed by atoms with Crippen LogP contribution in [0.2, 0.25) is 0 Å². The van der Waals surface area contributed by atoms with E-state index in [4.69, 9.17) is 9.84 Å². The Morgan fingerprint density at radius 1 is 1.36 bits per heavy atom. The van der Waals surface area contributed by atoms with Crippen molar-refractivity contribution in [3.05, 3.63) is 46.5 Å². The molecule has 1 aromatic carbocycles. The average Bonchev–Trinajstić information content (AvgIpc) is 2.91. The first-order valence-corrected chi connectivity index (χ1v) is 7.31. The van der Waals surface area contributed by atoms with Crippen molar-refractivity contribution >= 4 is 23.6 Å². The third-order valence-corrected chi connectivity index (χ3v) is 3.83. The van der Waals surface area contributed by atoms with Gasteiger partial charge in [-0.2, -0.15) is 0 Å². The molecule has 2 aromatic rings. The summed E-state index contributed by atoms with van der Waals surface area (Å²) in [7, 11) is 0. The molecule has 1 atom stereocenters. The molecule has 0 radical (unpaired) electrons. The molecule has 1 unspecified atom stereocenters. The second-order valence-corrected chi connectivity index (χ2v) is 5.36. The van der Waals surface area contributed by atoms with E-state index in [-0.39, 0.29) is 13.0 Å². The highest BCUT2D eigenvalue weighted by atomic mass is 32.1. The summed E-state index contributed by atoms with van der Waals surface area (Å²) in [6.45, 7) is 1.83. The van der Waals surface area contributed by atoms with Crippen LogP contribution >= 0.6 is 11.5 Å². The second-order valence-electron chi connectivity index (χ2n) is 4.58. The van der Waals surface area contributed by atoms with Crippen molar-refractivity contribution in [3.8, 4) is 0 Å². The van der Waals surface area contributed by atoms with E-state index in [1.54, 1.807) is 6.92 Å². The van der Waals surface area contributed by atoms with Crippen LogP contribution in [-0.2, 0) is 16.1 Å². The van der Waals surface area contributed by atoms with Gasteiger partial charge in [-0.1, -0.05) is 34.8 Å². The minimum Gasteiger partial charge on any atom is -0.481 e. The summed E-state index contributed by atoms with van der Waals surface area (Å²) in [5.41, 5.74) is 1.45. The molecule has 2 N–H and O–H groups in total. The zero-order valence-electron chi connectivity index (χ0n) is 11.9. The van der Waals surface area contributed by atoms with Gasteiger partial charge in [-0.05, 0) is 24.0 Å². The van der Waals surface area contributed by atoms with Gasteiger partial charge in [0.2, 0.25) is 0 Å². The normalized spacial score (nSPS) is 11.7. The molecule has 7 nitrogen and oxygen atoms in total. The van der Waals surface area contributed by atoms with Crippen molar-refractivity contribution in [2.24, 2.45) is 0 Å². The predicted octanol–water partition coefficient (Wildman–Crippen LogP) is 2.29. The molecule has 1 aromatic heterocycles. The molecule has 0 spiro atoms. The maximum Gasteiger partial charge on any atom is 0.407 e. The van der Waals surface area contributed by atoms with Crippen molar-refractivity contribution < 1.29 is 19.4 Å². The molecule has 0 saturated carbocycles. The Bertz CT molecular complexity index is 645. The standard InChI is InChI=1S/C14H15N3O4S/c1-9-13(22-17-16-9)11(7-12(18)19)15-14(20)21-8-10-5-3-2-4-6-10/h2-6,11H,7-8H2,1H3,(H,15,20)(H,18,19). The predicted molar refractivity (Wildman–Crippen MR) is 79.4 cm³/mol. The average molecular weight is 321 g/mol. The monoisotopic (exact) mass is 321 g/mol. The van der Waals surface area contributed by atoms with Crippen molar-refractivity contribution in [2.45, 2.75) is 26.0 Å². The lowest BCUT2D eigenvalue weighted by molar-refractivity contribution is -0.137. The Balaban J connectivity index is 1.96. The fourth-order valence-corrected chi connectivity index (χ4v) is 2.54. The van der Waals surface area contributed by atoms with Gasteiger partial charge in [0.05, 0.1) is 23.0 Å². The molecule has 0 saturated heterocycles. The maximum atomic E-state index is 11.9. The number of ether oxygens (including phenoxy) is 1. The van der Waals surface area contributed by atoms with Crippen molar-refractivity contribution in [1.82, 2.24) is 14.9 Å². The molecular formula is C14H15N3O4S. The topological polar surface area (TPSA) is 101 Å². The fourth-order valence-electron chi connectivity index (χ4n) is 1.85. The van der Waals surface area contributed by atoms with Gasteiger partial charge in [0, 0.05) is 0 Å². The first-order valence-electron chi connectivity index (χ1n) is 6.54. The number of rotatable bonds is 6. The number of nitrogens with zero attached hydrogens (tertiary/aromatic N) is 2. The molecule has 0 aliphatic carbocycles. The number of carbonyl (C=O) groups excluding carboxylic acids is 1. The first-order chi connectivity index (χ1) is 10.6. The summed E-state index contributed by atoms with van der Waals surface area (Å²) < 4.78 is 8.86. The van der Waals surface area contributed by atoms with Crippen LogP contribution < -0.4 is 5.32 Å². The number of amides is 1. The lowest BCUT2D eigenvalue weighted by Crippen LogP contribution is -2.30. The van der Waals surface area contributed by atoms with Gasteiger partial charge in [-0.25, -0.2) is 4.79 Å². The number of alkyl carbamates (subject to hydrolysis) is 1. The lowest BCUT2D eigenvalue weighted by Gasteiger charge is -2.15. The Labute approximate surface area is 131 Å². The molecule has 0 aliphatic heterocycles. The van der Waals surface area contributed by atoms with Crippen molar-refractivity contribution in [3.63, 3.8) is 0 Å². The molecule has 0 fully saturated rings. The van der Waals surface area contributed by atoms with Crippen LogP contribution in [-0.4, -0.2) is 26.8 Å². The Kier molecular flexibility index (Phi) is 5.42. The third kappa shape index (κ3) is 4.52. The molecule has 22 heavy (non-hydrogen) atoms. The van der Waals surface area contributed by atoms with Gasteiger partial charge in [-0.15, -0.1) is 5.10 Å². The van der Waals surface area contributed by atoms with Gasteiger partial charge < -0.3 is 15.2 Å². The SMILES string of the molecule is Cc1nnsc1C(CC(=O)O)NC(=O)OCc1ccccc1. The number of benzene rings is 1. The molecule has 8 heteroatoms. The van der Waals surface area contributed by atoms with E-state index in [1.807, 2.05) is 30.3 Å². The van der Waals surface area contributed by atoms with E-state index in [0.29, 0.717) is 10.6 Å². The largest absolute Gasteiger partial charge is 0.481 e. The number of hydrogen-bond donors (Lipinski definition) is 2. The zero-order chi connectivity index (χ0) is 15.9. The van der Waals surface area contributed by atoms with Gasteiger partial charge in [0.25, 0.3) is 0 Å². The van der Waals surface area contributed by atoms with E-state index in [0.717, 1.165) is 17.1 Å². The third-order valence-electron chi connectivity index (χ3n) is 2.89.